The molecule has 4 nitrogen and oxygen atoms in total. The lowest BCUT2D eigenvalue weighted by molar-refractivity contribution is 0.185. The number of anilines is 2. The zero-order valence-corrected chi connectivity index (χ0v) is 10.8. The lowest BCUT2D eigenvalue weighted by Gasteiger charge is -2.09. The average Bonchev–Trinajstić information content (AvgIpc) is 2.88. The molecule has 1 aromatic rings. The Labute approximate surface area is 106 Å². The fourth-order valence-corrected chi connectivity index (χ4v) is 3.23. The van der Waals surface area contributed by atoms with Gasteiger partial charge in [0.1, 0.15) is 10.8 Å². The van der Waals surface area contributed by atoms with Gasteiger partial charge in [-0.05, 0) is 49.1 Å². The van der Waals surface area contributed by atoms with Gasteiger partial charge in [0.25, 0.3) is 0 Å². The van der Waals surface area contributed by atoms with Crippen LogP contribution < -0.4 is 11.1 Å². The van der Waals surface area contributed by atoms with Gasteiger partial charge in [0.05, 0.1) is 0 Å². The maximum Gasteiger partial charge on any atom is 0.142 e. The van der Waals surface area contributed by atoms with Gasteiger partial charge in [0.15, 0.2) is 0 Å². The van der Waals surface area contributed by atoms with Gasteiger partial charge in [-0.1, -0.05) is 0 Å². The Morgan fingerprint density at radius 3 is 3.00 bits per heavy atom. The summed E-state index contributed by atoms with van der Waals surface area (Å²) in [5.74, 6) is 2.15. The molecule has 1 aliphatic carbocycles. The quantitative estimate of drug-likeness (QED) is 0.846. The SMILES string of the molecule is Nc1nsc(NCCC2CCOC2)c1C1CC1. The molecule has 0 spiro atoms. The fourth-order valence-electron chi connectivity index (χ4n) is 2.40. The van der Waals surface area contributed by atoms with Gasteiger partial charge in [-0.15, -0.1) is 0 Å². The van der Waals surface area contributed by atoms with Crippen LogP contribution in [0.5, 0.6) is 0 Å². The van der Waals surface area contributed by atoms with Gasteiger partial charge < -0.3 is 15.8 Å². The van der Waals surface area contributed by atoms with Gasteiger partial charge in [-0.3, -0.25) is 0 Å². The van der Waals surface area contributed by atoms with Crippen molar-refractivity contribution in [1.29, 1.82) is 0 Å². The van der Waals surface area contributed by atoms with Crippen molar-refractivity contribution in [2.24, 2.45) is 5.92 Å². The zero-order valence-electron chi connectivity index (χ0n) is 9.95. The topological polar surface area (TPSA) is 60.2 Å². The molecule has 1 aromatic heterocycles. The van der Waals surface area contributed by atoms with Crippen LogP contribution in [-0.2, 0) is 4.74 Å². The lowest BCUT2D eigenvalue weighted by Crippen LogP contribution is -2.09. The Hall–Kier alpha value is -0.810. The molecule has 0 bridgehead atoms. The molecule has 94 valence electrons. The minimum absolute atomic E-state index is 0.672. The summed E-state index contributed by atoms with van der Waals surface area (Å²) < 4.78 is 9.64. The Balaban J connectivity index is 1.53. The first kappa shape index (κ1) is 11.3. The highest BCUT2D eigenvalue weighted by molar-refractivity contribution is 7.10. The van der Waals surface area contributed by atoms with Gasteiger partial charge in [0.2, 0.25) is 0 Å². The molecule has 1 saturated carbocycles. The molecular weight excluding hydrogens is 234 g/mol. The van der Waals surface area contributed by atoms with Crippen molar-refractivity contribution in [3.05, 3.63) is 5.56 Å². The second-order valence-corrected chi connectivity index (χ2v) is 5.80. The van der Waals surface area contributed by atoms with E-state index in [1.807, 2.05) is 0 Å². The summed E-state index contributed by atoms with van der Waals surface area (Å²) in [6, 6.07) is 0. The van der Waals surface area contributed by atoms with Crippen molar-refractivity contribution in [2.75, 3.05) is 30.8 Å². The van der Waals surface area contributed by atoms with Crippen molar-refractivity contribution in [2.45, 2.75) is 31.6 Å². The third kappa shape index (κ3) is 2.55. The molecular formula is C12H19N3OS. The van der Waals surface area contributed by atoms with Crippen molar-refractivity contribution >= 4 is 22.4 Å². The maximum absolute atomic E-state index is 5.92. The fraction of sp³-hybridized carbons (Fsp3) is 0.750. The molecule has 0 amide bonds. The van der Waals surface area contributed by atoms with Gasteiger partial charge >= 0.3 is 0 Å². The van der Waals surface area contributed by atoms with E-state index in [0.717, 1.165) is 31.5 Å². The third-order valence-electron chi connectivity index (χ3n) is 3.60. The van der Waals surface area contributed by atoms with Crippen LogP contribution in [-0.4, -0.2) is 24.1 Å². The molecule has 5 heteroatoms. The number of nitrogens with zero attached hydrogens (tertiary/aromatic N) is 1. The van der Waals surface area contributed by atoms with E-state index in [0.29, 0.717) is 5.92 Å². The number of nitrogens with two attached hydrogens (primary N) is 1. The van der Waals surface area contributed by atoms with Gasteiger partial charge in [-0.25, -0.2) is 0 Å². The zero-order chi connectivity index (χ0) is 11.7. The van der Waals surface area contributed by atoms with Crippen LogP contribution in [0, 0.1) is 5.92 Å². The predicted octanol–water partition coefficient (Wildman–Crippen LogP) is 2.44. The molecule has 17 heavy (non-hydrogen) atoms. The minimum atomic E-state index is 0.672. The maximum atomic E-state index is 5.92. The molecule has 0 radical (unpaired) electrons. The molecule has 1 saturated heterocycles. The highest BCUT2D eigenvalue weighted by Crippen LogP contribution is 2.47. The summed E-state index contributed by atoms with van der Waals surface area (Å²) in [5.41, 5.74) is 7.19. The largest absolute Gasteiger partial charge is 0.383 e. The van der Waals surface area contributed by atoms with Crippen LogP contribution in [0.2, 0.25) is 0 Å². The first-order valence-corrected chi connectivity index (χ1v) is 7.18. The molecule has 1 unspecified atom stereocenters. The van der Waals surface area contributed by atoms with Crippen LogP contribution in [0.3, 0.4) is 0 Å². The molecule has 1 aliphatic heterocycles. The van der Waals surface area contributed by atoms with E-state index < -0.39 is 0 Å². The average molecular weight is 253 g/mol. The summed E-state index contributed by atoms with van der Waals surface area (Å²) >= 11 is 1.51. The Kier molecular flexibility index (Phi) is 3.20. The second-order valence-electron chi connectivity index (χ2n) is 5.03. The molecule has 3 N–H and O–H groups in total. The van der Waals surface area contributed by atoms with E-state index in [9.17, 15) is 0 Å². The minimum Gasteiger partial charge on any atom is -0.383 e. The first-order chi connectivity index (χ1) is 8.34. The van der Waals surface area contributed by atoms with Crippen LogP contribution in [0.15, 0.2) is 0 Å². The third-order valence-corrected chi connectivity index (χ3v) is 4.44. The number of nitrogen functional groups attached to an aromatic ring is 1. The smallest absolute Gasteiger partial charge is 0.142 e. The summed E-state index contributed by atoms with van der Waals surface area (Å²) in [7, 11) is 0. The van der Waals surface area contributed by atoms with E-state index in [2.05, 4.69) is 9.69 Å². The normalized spacial score (nSPS) is 24.1. The standard InChI is InChI=1S/C12H19N3OS/c13-11-10(9-1-2-9)12(17-15-11)14-5-3-8-4-6-16-7-8/h8-9,14H,1-7H2,(H2,13,15). The van der Waals surface area contributed by atoms with E-state index in [1.165, 1.54) is 47.8 Å². The Morgan fingerprint density at radius 2 is 2.29 bits per heavy atom. The Morgan fingerprint density at radius 1 is 1.41 bits per heavy atom. The van der Waals surface area contributed by atoms with Crippen LogP contribution >= 0.6 is 11.5 Å². The van der Waals surface area contributed by atoms with E-state index >= 15 is 0 Å². The molecule has 1 atom stereocenters. The van der Waals surface area contributed by atoms with Gasteiger partial charge in [0, 0.05) is 25.3 Å². The monoisotopic (exact) mass is 253 g/mol. The van der Waals surface area contributed by atoms with Crippen LogP contribution in [0.4, 0.5) is 10.8 Å². The number of aromatic nitrogens is 1. The van der Waals surface area contributed by atoms with Gasteiger partial charge in [-0.2, -0.15) is 4.37 Å². The number of hydrogen-bond donors (Lipinski definition) is 2. The number of rotatable bonds is 5. The summed E-state index contributed by atoms with van der Waals surface area (Å²) in [5, 5.41) is 4.70. The molecule has 2 aliphatic rings. The first-order valence-electron chi connectivity index (χ1n) is 6.41. The van der Waals surface area contributed by atoms with Crippen LogP contribution in [0.25, 0.3) is 0 Å². The Bertz CT molecular complexity index is 383. The van der Waals surface area contributed by atoms with Crippen molar-refractivity contribution < 1.29 is 4.74 Å². The predicted molar refractivity (Wildman–Crippen MR) is 70.5 cm³/mol. The molecule has 0 aromatic carbocycles. The summed E-state index contributed by atoms with van der Waals surface area (Å²) in [4.78, 5) is 0. The molecule has 3 rings (SSSR count). The summed E-state index contributed by atoms with van der Waals surface area (Å²) in [6.45, 7) is 2.88. The van der Waals surface area contributed by atoms with E-state index in [4.69, 9.17) is 10.5 Å². The number of ether oxygens (including phenoxy) is 1. The number of hydrogen-bond acceptors (Lipinski definition) is 5. The lowest BCUT2D eigenvalue weighted by atomic mass is 10.1. The van der Waals surface area contributed by atoms with E-state index in [1.54, 1.807) is 0 Å². The molecule has 2 fully saturated rings. The highest BCUT2D eigenvalue weighted by atomic mass is 32.1. The van der Waals surface area contributed by atoms with Crippen molar-refractivity contribution in [3.63, 3.8) is 0 Å². The van der Waals surface area contributed by atoms with Crippen molar-refractivity contribution in [3.8, 4) is 0 Å². The molecule has 2 heterocycles. The second kappa shape index (κ2) is 4.82. The van der Waals surface area contributed by atoms with Crippen molar-refractivity contribution in [1.82, 2.24) is 4.37 Å². The summed E-state index contributed by atoms with van der Waals surface area (Å²) in [6.07, 6.45) is 4.94. The van der Waals surface area contributed by atoms with E-state index in [-0.39, 0.29) is 0 Å². The van der Waals surface area contributed by atoms with Crippen LogP contribution in [0.1, 0.15) is 37.2 Å². The number of nitrogens with one attached hydrogen (secondary N) is 1. The highest BCUT2D eigenvalue weighted by Gasteiger charge is 2.30.